The molecule has 2 heterocycles. The highest BCUT2D eigenvalue weighted by molar-refractivity contribution is 5.95. The van der Waals surface area contributed by atoms with Crippen LogP contribution in [-0.4, -0.2) is 62.0 Å². The molecule has 3 rings (SSSR count). The van der Waals surface area contributed by atoms with E-state index in [1.165, 1.54) is 0 Å². The zero-order chi connectivity index (χ0) is 18.0. The number of rotatable bonds is 2. The first kappa shape index (κ1) is 17.4. The van der Waals surface area contributed by atoms with Crippen molar-refractivity contribution in [2.24, 2.45) is 11.3 Å². The summed E-state index contributed by atoms with van der Waals surface area (Å²) in [6.45, 7) is 2.29. The van der Waals surface area contributed by atoms with Crippen molar-refractivity contribution in [3.05, 3.63) is 35.4 Å². The molecule has 6 nitrogen and oxygen atoms in total. The van der Waals surface area contributed by atoms with Crippen molar-refractivity contribution < 1.29 is 14.3 Å². The number of likely N-dealkylation sites (tertiary alicyclic amines) is 1. The van der Waals surface area contributed by atoms with Gasteiger partial charge in [-0.3, -0.25) is 9.59 Å². The van der Waals surface area contributed by atoms with Crippen LogP contribution in [-0.2, 0) is 9.53 Å². The molecule has 6 heteroatoms. The molecule has 0 bridgehead atoms. The standard InChI is InChI=1S/C19H23N3O3/c1-21(2)18(24)16-12-22(13-19(16)7-9-25-10-8-19)17(23)15-5-3-14(11-20)4-6-15/h3-6,16H,7-10,12-13H2,1-2H3. The first-order chi connectivity index (χ1) is 12.0. The van der Waals surface area contributed by atoms with Crippen molar-refractivity contribution in [3.63, 3.8) is 0 Å². The Bertz CT molecular complexity index is 700. The van der Waals surface area contributed by atoms with Crippen LogP contribution in [0.25, 0.3) is 0 Å². The Morgan fingerprint density at radius 3 is 2.44 bits per heavy atom. The molecule has 1 atom stereocenters. The molecule has 1 aromatic rings. The lowest BCUT2D eigenvalue weighted by atomic mass is 9.71. The van der Waals surface area contributed by atoms with Crippen molar-refractivity contribution >= 4 is 11.8 Å². The van der Waals surface area contributed by atoms with Gasteiger partial charge >= 0.3 is 0 Å². The van der Waals surface area contributed by atoms with E-state index in [9.17, 15) is 9.59 Å². The quantitative estimate of drug-likeness (QED) is 0.817. The number of amides is 2. The first-order valence-electron chi connectivity index (χ1n) is 8.55. The fraction of sp³-hybridized carbons (Fsp3) is 0.526. The molecule has 2 amide bonds. The fourth-order valence-electron chi connectivity index (χ4n) is 3.93. The summed E-state index contributed by atoms with van der Waals surface area (Å²) in [7, 11) is 3.53. The van der Waals surface area contributed by atoms with E-state index in [1.807, 2.05) is 0 Å². The van der Waals surface area contributed by atoms with Gasteiger partial charge in [0.1, 0.15) is 0 Å². The monoisotopic (exact) mass is 341 g/mol. The lowest BCUT2D eigenvalue weighted by molar-refractivity contribution is -0.138. The third-order valence-electron chi connectivity index (χ3n) is 5.42. The predicted octanol–water partition coefficient (Wildman–Crippen LogP) is 1.52. The van der Waals surface area contributed by atoms with Crippen LogP contribution in [0.5, 0.6) is 0 Å². The topological polar surface area (TPSA) is 73.6 Å². The van der Waals surface area contributed by atoms with Gasteiger partial charge in [-0.2, -0.15) is 5.26 Å². The summed E-state index contributed by atoms with van der Waals surface area (Å²) < 4.78 is 5.49. The third-order valence-corrected chi connectivity index (χ3v) is 5.42. The van der Waals surface area contributed by atoms with E-state index >= 15 is 0 Å². The van der Waals surface area contributed by atoms with E-state index < -0.39 is 0 Å². The average molecular weight is 341 g/mol. The normalized spacial score (nSPS) is 21.8. The molecule has 0 aromatic heterocycles. The van der Waals surface area contributed by atoms with Gasteiger partial charge in [-0.1, -0.05) is 0 Å². The number of ether oxygens (including phenoxy) is 1. The highest BCUT2D eigenvalue weighted by atomic mass is 16.5. The zero-order valence-electron chi connectivity index (χ0n) is 14.7. The SMILES string of the molecule is CN(C)C(=O)C1CN(C(=O)c2ccc(C#N)cc2)CC12CCOCC2. The molecule has 1 unspecified atom stereocenters. The van der Waals surface area contributed by atoms with Gasteiger partial charge in [-0.05, 0) is 37.1 Å². The Labute approximate surface area is 148 Å². The minimum atomic E-state index is -0.193. The molecule has 132 valence electrons. The van der Waals surface area contributed by atoms with Crippen molar-refractivity contribution in [1.82, 2.24) is 9.80 Å². The first-order valence-corrected chi connectivity index (χ1v) is 8.55. The number of carbonyl (C=O) groups is 2. The third kappa shape index (κ3) is 3.24. The smallest absolute Gasteiger partial charge is 0.253 e. The maximum atomic E-state index is 12.9. The lowest BCUT2D eigenvalue weighted by Gasteiger charge is -2.37. The van der Waals surface area contributed by atoms with Gasteiger partial charge in [0.15, 0.2) is 0 Å². The maximum absolute atomic E-state index is 12.9. The molecule has 2 aliphatic rings. The van der Waals surface area contributed by atoms with Gasteiger partial charge in [0, 0.05) is 51.4 Å². The Hall–Kier alpha value is -2.39. The molecule has 0 radical (unpaired) electrons. The van der Waals surface area contributed by atoms with Gasteiger partial charge in [0.2, 0.25) is 5.91 Å². The van der Waals surface area contributed by atoms with Gasteiger partial charge in [-0.15, -0.1) is 0 Å². The van der Waals surface area contributed by atoms with Crippen LogP contribution in [0.1, 0.15) is 28.8 Å². The van der Waals surface area contributed by atoms with Crippen LogP contribution in [0.3, 0.4) is 0 Å². The number of hydrogen-bond donors (Lipinski definition) is 0. The summed E-state index contributed by atoms with van der Waals surface area (Å²) >= 11 is 0. The van der Waals surface area contributed by atoms with Crippen molar-refractivity contribution in [2.75, 3.05) is 40.4 Å². The summed E-state index contributed by atoms with van der Waals surface area (Å²) in [4.78, 5) is 29.0. The van der Waals surface area contributed by atoms with Crippen LogP contribution >= 0.6 is 0 Å². The number of carbonyl (C=O) groups excluding carboxylic acids is 2. The average Bonchev–Trinajstić information content (AvgIpc) is 2.99. The summed E-state index contributed by atoms with van der Waals surface area (Å²) in [5, 5.41) is 8.89. The summed E-state index contributed by atoms with van der Waals surface area (Å²) in [5.74, 6) is -0.185. The van der Waals surface area contributed by atoms with E-state index in [4.69, 9.17) is 10.00 Å². The van der Waals surface area contributed by atoms with Crippen LogP contribution in [0.15, 0.2) is 24.3 Å². The summed E-state index contributed by atoms with van der Waals surface area (Å²) in [6, 6.07) is 8.71. The van der Waals surface area contributed by atoms with Crippen molar-refractivity contribution in [2.45, 2.75) is 12.8 Å². The largest absolute Gasteiger partial charge is 0.381 e. The van der Waals surface area contributed by atoms with Crippen LogP contribution in [0.2, 0.25) is 0 Å². The molecule has 0 aliphatic carbocycles. The van der Waals surface area contributed by atoms with Crippen molar-refractivity contribution in [3.8, 4) is 6.07 Å². The van der Waals surface area contributed by atoms with Gasteiger partial charge in [-0.25, -0.2) is 0 Å². The molecular formula is C19H23N3O3. The van der Waals surface area contributed by atoms with E-state index in [0.29, 0.717) is 37.4 Å². The Morgan fingerprint density at radius 2 is 1.88 bits per heavy atom. The van der Waals surface area contributed by atoms with E-state index in [-0.39, 0.29) is 23.1 Å². The van der Waals surface area contributed by atoms with Crippen LogP contribution in [0, 0.1) is 22.7 Å². The van der Waals surface area contributed by atoms with Gasteiger partial charge in [0.05, 0.1) is 17.6 Å². The molecule has 1 spiro atoms. The fourth-order valence-corrected chi connectivity index (χ4v) is 3.93. The summed E-state index contributed by atoms with van der Waals surface area (Å²) in [5.41, 5.74) is 0.890. The molecule has 2 fully saturated rings. The Balaban J connectivity index is 1.84. The van der Waals surface area contributed by atoms with E-state index in [0.717, 1.165) is 12.8 Å². The second kappa shape index (κ2) is 6.85. The molecule has 1 aromatic carbocycles. The zero-order valence-corrected chi connectivity index (χ0v) is 14.7. The highest BCUT2D eigenvalue weighted by Gasteiger charge is 2.52. The van der Waals surface area contributed by atoms with Crippen molar-refractivity contribution in [1.29, 1.82) is 5.26 Å². The molecule has 0 N–H and O–H groups in total. The Kier molecular flexibility index (Phi) is 4.78. The lowest BCUT2D eigenvalue weighted by Crippen LogP contribution is -2.44. The number of hydrogen-bond acceptors (Lipinski definition) is 4. The number of nitriles is 1. The van der Waals surface area contributed by atoms with Gasteiger partial charge < -0.3 is 14.5 Å². The number of nitrogens with zero attached hydrogens (tertiary/aromatic N) is 3. The second-order valence-corrected chi connectivity index (χ2v) is 7.13. The minimum Gasteiger partial charge on any atom is -0.381 e. The summed E-state index contributed by atoms with van der Waals surface area (Å²) in [6.07, 6.45) is 1.60. The maximum Gasteiger partial charge on any atom is 0.253 e. The molecule has 2 saturated heterocycles. The number of benzene rings is 1. The second-order valence-electron chi connectivity index (χ2n) is 7.13. The molecular weight excluding hydrogens is 318 g/mol. The van der Waals surface area contributed by atoms with Gasteiger partial charge in [0.25, 0.3) is 5.91 Å². The Morgan fingerprint density at radius 1 is 1.24 bits per heavy atom. The predicted molar refractivity (Wildman–Crippen MR) is 91.7 cm³/mol. The molecule has 0 saturated carbocycles. The molecule has 25 heavy (non-hydrogen) atoms. The molecule has 2 aliphatic heterocycles. The highest BCUT2D eigenvalue weighted by Crippen LogP contribution is 2.45. The van der Waals surface area contributed by atoms with Crippen LogP contribution < -0.4 is 0 Å². The minimum absolute atomic E-state index is 0.0792. The van der Waals surface area contributed by atoms with E-state index in [1.54, 1.807) is 48.2 Å². The van der Waals surface area contributed by atoms with E-state index in [2.05, 4.69) is 6.07 Å². The van der Waals surface area contributed by atoms with Crippen LogP contribution in [0.4, 0.5) is 0 Å².